The second kappa shape index (κ2) is 6.78. The van der Waals surface area contributed by atoms with E-state index in [2.05, 4.69) is 5.32 Å². The summed E-state index contributed by atoms with van der Waals surface area (Å²) in [6.45, 7) is 4.09. The monoisotopic (exact) mass is 318 g/mol. The van der Waals surface area contributed by atoms with Gasteiger partial charge in [-0.05, 0) is 25.0 Å². The molecule has 1 rings (SSSR count). The van der Waals surface area contributed by atoms with Crippen LogP contribution >= 0.6 is 11.6 Å². The lowest BCUT2D eigenvalue weighted by atomic mass is 9.95. The number of hydrogen-bond donors (Lipinski definition) is 1. The molecular weight excluding hydrogens is 296 g/mol. The van der Waals surface area contributed by atoms with Crippen molar-refractivity contribution in [2.45, 2.75) is 37.1 Å². The van der Waals surface area contributed by atoms with Crippen LogP contribution in [0.2, 0.25) is 0 Å². The van der Waals surface area contributed by atoms with Crippen molar-refractivity contribution in [3.63, 3.8) is 0 Å². The van der Waals surface area contributed by atoms with Crippen molar-refractivity contribution >= 4 is 27.3 Å². The second-order valence-electron chi connectivity index (χ2n) is 5.03. The van der Waals surface area contributed by atoms with Crippen LogP contribution in [0, 0.1) is 0 Å². The van der Waals surface area contributed by atoms with Gasteiger partial charge in [0, 0.05) is 20.0 Å². The van der Waals surface area contributed by atoms with Crippen molar-refractivity contribution in [3.8, 4) is 0 Å². The average molecular weight is 319 g/mol. The summed E-state index contributed by atoms with van der Waals surface area (Å²) >= 11 is 6.08. The molecule has 0 aliphatic carbocycles. The molecule has 6 heteroatoms. The van der Waals surface area contributed by atoms with Gasteiger partial charge in [-0.2, -0.15) is 0 Å². The zero-order chi connectivity index (χ0) is 15.4. The second-order valence-corrected chi connectivity index (χ2v) is 7.42. The van der Waals surface area contributed by atoms with Gasteiger partial charge in [0.1, 0.15) is 4.90 Å². The smallest absolute Gasteiger partial charge is 0.244 e. The summed E-state index contributed by atoms with van der Waals surface area (Å²) in [6, 6.07) is 6.94. The number of halogens is 1. The van der Waals surface area contributed by atoms with Gasteiger partial charge in [-0.1, -0.05) is 26.0 Å². The number of para-hydroxylation sites is 1. The van der Waals surface area contributed by atoms with Gasteiger partial charge < -0.3 is 5.32 Å². The summed E-state index contributed by atoms with van der Waals surface area (Å²) in [4.78, 5) is 0.279. The lowest BCUT2D eigenvalue weighted by molar-refractivity contribution is 0.482. The topological polar surface area (TPSA) is 49.4 Å². The predicted octanol–water partition coefficient (Wildman–Crippen LogP) is 3.15. The van der Waals surface area contributed by atoms with Gasteiger partial charge in [0.05, 0.1) is 11.2 Å². The van der Waals surface area contributed by atoms with Gasteiger partial charge in [0.25, 0.3) is 0 Å². The van der Waals surface area contributed by atoms with E-state index in [1.807, 2.05) is 19.9 Å². The quantitative estimate of drug-likeness (QED) is 0.786. The van der Waals surface area contributed by atoms with Crippen LogP contribution in [0.1, 0.15) is 26.7 Å². The number of rotatable bonds is 7. The van der Waals surface area contributed by atoms with E-state index < -0.39 is 10.0 Å². The van der Waals surface area contributed by atoms with Gasteiger partial charge in [-0.3, -0.25) is 0 Å². The fourth-order valence-electron chi connectivity index (χ4n) is 1.93. The van der Waals surface area contributed by atoms with Crippen LogP contribution in [0.3, 0.4) is 0 Å². The van der Waals surface area contributed by atoms with Crippen LogP contribution in [0.15, 0.2) is 29.2 Å². The molecule has 0 unspecified atom stereocenters. The minimum absolute atomic E-state index is 0.279. The predicted molar refractivity (Wildman–Crippen MR) is 85.0 cm³/mol. The lowest BCUT2D eigenvalue weighted by Gasteiger charge is -2.33. The molecule has 0 aliphatic heterocycles. The van der Waals surface area contributed by atoms with Crippen LogP contribution < -0.4 is 5.32 Å². The molecule has 0 spiro atoms. The molecule has 114 valence electrons. The van der Waals surface area contributed by atoms with Crippen molar-refractivity contribution in [1.29, 1.82) is 0 Å². The van der Waals surface area contributed by atoms with Gasteiger partial charge in [0.15, 0.2) is 0 Å². The Morgan fingerprint density at radius 3 is 2.20 bits per heavy atom. The summed E-state index contributed by atoms with van der Waals surface area (Å²) in [7, 11) is -0.420. The van der Waals surface area contributed by atoms with E-state index in [0.29, 0.717) is 11.6 Å². The summed E-state index contributed by atoms with van der Waals surface area (Å²) in [5, 5.41) is 3.33. The Balaban J connectivity index is 3.28. The highest BCUT2D eigenvalue weighted by Crippen LogP contribution is 2.29. The van der Waals surface area contributed by atoms with E-state index >= 15 is 0 Å². The summed E-state index contributed by atoms with van der Waals surface area (Å²) < 4.78 is 25.9. The third-order valence-electron chi connectivity index (χ3n) is 3.65. The number of alkyl halides is 1. The molecular formula is C14H23ClN2O2S. The van der Waals surface area contributed by atoms with Gasteiger partial charge in [0.2, 0.25) is 10.0 Å². The molecule has 20 heavy (non-hydrogen) atoms. The highest BCUT2D eigenvalue weighted by Gasteiger charge is 2.28. The van der Waals surface area contributed by atoms with Crippen LogP contribution in [0.5, 0.6) is 0 Å². The summed E-state index contributed by atoms with van der Waals surface area (Å²) in [5.74, 6) is 0.427. The van der Waals surface area contributed by atoms with Gasteiger partial charge in [-0.25, -0.2) is 12.7 Å². The molecule has 0 bridgehead atoms. The standard InChI is InChI=1S/C14H23ClN2O2S/c1-5-14(6-2,11-15)16-12-9-7-8-10-13(12)20(18,19)17(3)4/h7-10,16H,5-6,11H2,1-4H3. The van der Waals surface area contributed by atoms with E-state index in [0.717, 1.165) is 12.8 Å². The molecule has 0 atom stereocenters. The van der Waals surface area contributed by atoms with Crippen molar-refractivity contribution in [2.75, 3.05) is 25.3 Å². The SMILES string of the molecule is CCC(CC)(CCl)Nc1ccccc1S(=O)(=O)N(C)C. The first kappa shape index (κ1) is 17.3. The van der Waals surface area contributed by atoms with Crippen LogP contribution in [0.25, 0.3) is 0 Å². The molecule has 0 radical (unpaired) electrons. The van der Waals surface area contributed by atoms with E-state index in [1.165, 1.54) is 18.4 Å². The van der Waals surface area contributed by atoms with E-state index in [-0.39, 0.29) is 10.4 Å². The minimum Gasteiger partial charge on any atom is -0.377 e. The van der Waals surface area contributed by atoms with Gasteiger partial charge >= 0.3 is 0 Å². The molecule has 1 N–H and O–H groups in total. The molecule has 0 saturated carbocycles. The average Bonchev–Trinajstić information content (AvgIpc) is 2.45. The maximum atomic E-state index is 12.4. The van der Waals surface area contributed by atoms with Crippen molar-refractivity contribution < 1.29 is 8.42 Å². The van der Waals surface area contributed by atoms with Gasteiger partial charge in [-0.15, -0.1) is 11.6 Å². The van der Waals surface area contributed by atoms with Crippen LogP contribution in [-0.4, -0.2) is 38.2 Å². The van der Waals surface area contributed by atoms with Crippen molar-refractivity contribution in [2.24, 2.45) is 0 Å². The molecule has 1 aromatic rings. The molecule has 0 heterocycles. The fourth-order valence-corrected chi connectivity index (χ4v) is 3.41. The summed E-state index contributed by atoms with van der Waals surface area (Å²) in [6.07, 6.45) is 1.65. The van der Waals surface area contributed by atoms with Crippen molar-refractivity contribution in [3.05, 3.63) is 24.3 Å². The molecule has 0 aromatic heterocycles. The Hall–Kier alpha value is -0.780. The minimum atomic E-state index is -3.48. The highest BCUT2D eigenvalue weighted by atomic mass is 35.5. The lowest BCUT2D eigenvalue weighted by Crippen LogP contribution is -2.39. The molecule has 0 amide bonds. The molecule has 1 aromatic carbocycles. The molecule has 0 fully saturated rings. The van der Waals surface area contributed by atoms with E-state index in [9.17, 15) is 8.42 Å². The highest BCUT2D eigenvalue weighted by molar-refractivity contribution is 7.89. The Kier molecular flexibility index (Phi) is 5.86. The van der Waals surface area contributed by atoms with Crippen molar-refractivity contribution in [1.82, 2.24) is 4.31 Å². The zero-order valence-corrected chi connectivity index (χ0v) is 14.1. The number of nitrogens with zero attached hydrogens (tertiary/aromatic N) is 1. The largest absolute Gasteiger partial charge is 0.377 e. The summed E-state index contributed by atoms with van der Waals surface area (Å²) in [5.41, 5.74) is 0.310. The normalized spacial score (nSPS) is 12.7. The third-order valence-corrected chi connectivity index (χ3v) is 6.04. The first-order valence-electron chi connectivity index (χ1n) is 6.68. The molecule has 0 saturated heterocycles. The molecule has 0 aliphatic rings. The fraction of sp³-hybridized carbons (Fsp3) is 0.571. The number of anilines is 1. The number of hydrogen-bond acceptors (Lipinski definition) is 3. The maximum Gasteiger partial charge on any atom is 0.244 e. The Morgan fingerprint density at radius 2 is 1.75 bits per heavy atom. The Morgan fingerprint density at radius 1 is 1.20 bits per heavy atom. The Bertz CT molecular complexity index is 532. The molecule has 4 nitrogen and oxygen atoms in total. The first-order valence-corrected chi connectivity index (χ1v) is 8.66. The van der Waals surface area contributed by atoms with E-state index in [1.54, 1.807) is 18.2 Å². The zero-order valence-electron chi connectivity index (χ0n) is 12.5. The first-order chi connectivity index (χ1) is 9.33. The van der Waals surface area contributed by atoms with Crippen LogP contribution in [0.4, 0.5) is 5.69 Å². The maximum absolute atomic E-state index is 12.4. The number of sulfonamides is 1. The third kappa shape index (κ3) is 3.45. The van der Waals surface area contributed by atoms with E-state index in [4.69, 9.17) is 11.6 Å². The number of nitrogens with one attached hydrogen (secondary N) is 1. The number of benzene rings is 1. The van der Waals surface area contributed by atoms with Crippen LogP contribution in [-0.2, 0) is 10.0 Å². The Labute approximate surface area is 127 Å².